The van der Waals surface area contributed by atoms with E-state index >= 15 is 0 Å². The summed E-state index contributed by atoms with van der Waals surface area (Å²) in [6.07, 6.45) is 3.52. The Morgan fingerprint density at radius 1 is 1.25 bits per heavy atom. The molecule has 0 aliphatic carbocycles. The van der Waals surface area contributed by atoms with Crippen molar-refractivity contribution in [3.8, 4) is 0 Å². The fourth-order valence-electron chi connectivity index (χ4n) is 3.01. The molecule has 0 spiro atoms. The predicted molar refractivity (Wildman–Crippen MR) is 77.7 cm³/mol. The molecule has 0 N–H and O–H groups in total. The molecule has 0 radical (unpaired) electrons. The topological polar surface area (TPSA) is 34.0 Å². The molecule has 0 aromatic carbocycles. The summed E-state index contributed by atoms with van der Waals surface area (Å²) in [6.45, 7) is 1.19. The molecule has 4 rings (SSSR count). The van der Waals surface area contributed by atoms with Gasteiger partial charge in [0.25, 0.3) is 0 Å². The van der Waals surface area contributed by atoms with E-state index in [-0.39, 0.29) is 0 Å². The molecule has 3 aromatic heterocycles. The van der Waals surface area contributed by atoms with Gasteiger partial charge in [-0.3, -0.25) is 4.98 Å². The minimum absolute atomic E-state index is 0.448. The van der Waals surface area contributed by atoms with Crippen LogP contribution in [-0.2, 0) is 7.05 Å². The minimum atomic E-state index is -0.732. The van der Waals surface area contributed by atoms with E-state index in [1.165, 1.54) is 0 Å². The maximum absolute atomic E-state index is 13.3. The van der Waals surface area contributed by atoms with Crippen molar-refractivity contribution in [2.75, 3.05) is 18.0 Å². The van der Waals surface area contributed by atoms with Gasteiger partial charge in [-0.2, -0.15) is 0 Å². The highest BCUT2D eigenvalue weighted by molar-refractivity contribution is 6.06. The molecule has 102 valence electrons. The van der Waals surface area contributed by atoms with E-state index in [0.29, 0.717) is 13.0 Å². The highest BCUT2D eigenvalue weighted by Crippen LogP contribution is 2.29. The van der Waals surface area contributed by atoms with Gasteiger partial charge >= 0.3 is 0 Å². The molecule has 4 heterocycles. The Morgan fingerprint density at radius 2 is 2.15 bits per heavy atom. The van der Waals surface area contributed by atoms with Crippen molar-refractivity contribution in [3.63, 3.8) is 0 Å². The Morgan fingerprint density at radius 3 is 2.95 bits per heavy atom. The number of hydrogen-bond acceptors (Lipinski definition) is 3. The third-order valence-corrected chi connectivity index (χ3v) is 4.08. The summed E-state index contributed by atoms with van der Waals surface area (Å²) in [6, 6.07) is 6.03. The fraction of sp³-hybridized carbons (Fsp3) is 0.333. The molecular weight excluding hydrogens is 255 g/mol. The van der Waals surface area contributed by atoms with Gasteiger partial charge in [0.15, 0.2) is 0 Å². The first kappa shape index (κ1) is 11.6. The molecule has 1 atom stereocenters. The fourth-order valence-corrected chi connectivity index (χ4v) is 3.01. The van der Waals surface area contributed by atoms with E-state index in [4.69, 9.17) is 4.98 Å². The number of rotatable bonds is 1. The van der Waals surface area contributed by atoms with E-state index in [1.807, 2.05) is 30.3 Å². The van der Waals surface area contributed by atoms with Crippen LogP contribution in [0.4, 0.5) is 10.2 Å². The third kappa shape index (κ3) is 1.59. The molecule has 4 nitrogen and oxygen atoms in total. The number of aromatic nitrogens is 3. The second-order valence-electron chi connectivity index (χ2n) is 5.32. The number of hydrogen-bond donors (Lipinski definition) is 0. The lowest BCUT2D eigenvalue weighted by Gasteiger charge is -2.16. The smallest absolute Gasteiger partial charge is 0.143 e. The van der Waals surface area contributed by atoms with Gasteiger partial charge < -0.3 is 9.47 Å². The number of alkyl halides is 1. The van der Waals surface area contributed by atoms with Gasteiger partial charge in [0.1, 0.15) is 17.6 Å². The number of fused-ring (bicyclic) bond motifs is 3. The summed E-state index contributed by atoms with van der Waals surface area (Å²) in [5.74, 6) is 0.858. The van der Waals surface area contributed by atoms with Gasteiger partial charge in [0.05, 0.1) is 12.1 Å². The summed E-state index contributed by atoms with van der Waals surface area (Å²) in [5, 5.41) is 2.20. The van der Waals surface area contributed by atoms with Crippen LogP contribution in [0.1, 0.15) is 6.42 Å². The molecule has 0 unspecified atom stereocenters. The number of aryl methyl sites for hydroxylation is 1. The van der Waals surface area contributed by atoms with Gasteiger partial charge in [-0.15, -0.1) is 0 Å². The van der Waals surface area contributed by atoms with Gasteiger partial charge in [0, 0.05) is 36.8 Å². The molecule has 0 amide bonds. The first-order valence-corrected chi connectivity index (χ1v) is 6.82. The van der Waals surface area contributed by atoms with Crippen LogP contribution in [0.15, 0.2) is 30.6 Å². The van der Waals surface area contributed by atoms with Crippen molar-refractivity contribution in [1.82, 2.24) is 14.5 Å². The summed E-state index contributed by atoms with van der Waals surface area (Å²) in [4.78, 5) is 10.9. The Kier molecular flexibility index (Phi) is 2.42. The van der Waals surface area contributed by atoms with Crippen LogP contribution >= 0.6 is 0 Å². The lowest BCUT2D eigenvalue weighted by atomic mass is 10.2. The first-order valence-electron chi connectivity index (χ1n) is 6.82. The van der Waals surface area contributed by atoms with Crippen LogP contribution in [0, 0.1) is 0 Å². The van der Waals surface area contributed by atoms with E-state index in [1.54, 1.807) is 6.20 Å². The van der Waals surface area contributed by atoms with Crippen LogP contribution in [0.5, 0.6) is 0 Å². The Balaban J connectivity index is 1.91. The molecule has 1 aliphatic rings. The van der Waals surface area contributed by atoms with Crippen molar-refractivity contribution >= 4 is 27.8 Å². The quantitative estimate of drug-likeness (QED) is 0.681. The van der Waals surface area contributed by atoms with Crippen molar-refractivity contribution in [2.24, 2.45) is 7.05 Å². The maximum Gasteiger partial charge on any atom is 0.143 e. The van der Waals surface area contributed by atoms with Gasteiger partial charge in [-0.1, -0.05) is 0 Å². The van der Waals surface area contributed by atoms with E-state index < -0.39 is 6.17 Å². The molecule has 1 aliphatic heterocycles. The zero-order valence-corrected chi connectivity index (χ0v) is 11.3. The second kappa shape index (κ2) is 4.16. The monoisotopic (exact) mass is 270 g/mol. The van der Waals surface area contributed by atoms with Crippen LogP contribution in [-0.4, -0.2) is 33.8 Å². The van der Waals surface area contributed by atoms with Gasteiger partial charge in [-0.05, 0) is 24.6 Å². The average molecular weight is 270 g/mol. The molecule has 1 saturated heterocycles. The second-order valence-corrected chi connectivity index (χ2v) is 5.32. The first-order chi connectivity index (χ1) is 9.74. The number of halogens is 1. The summed E-state index contributed by atoms with van der Waals surface area (Å²) >= 11 is 0. The third-order valence-electron chi connectivity index (χ3n) is 4.08. The standard InChI is InChI=1S/C15H15FN4/c1-19-13-4-6-17-8-12(13)11-2-3-14(18-15(11)19)20-7-5-10(16)9-20/h2-4,6,8,10H,5,7,9H2,1H3/t10-/m1/s1. The lowest BCUT2D eigenvalue weighted by molar-refractivity contribution is 0.364. The van der Waals surface area contributed by atoms with Crippen molar-refractivity contribution in [3.05, 3.63) is 30.6 Å². The van der Waals surface area contributed by atoms with Crippen LogP contribution in [0.2, 0.25) is 0 Å². The van der Waals surface area contributed by atoms with E-state index in [2.05, 4.69) is 15.6 Å². The number of nitrogens with zero attached hydrogens (tertiary/aromatic N) is 4. The highest BCUT2D eigenvalue weighted by Gasteiger charge is 2.23. The molecular formula is C15H15FN4. The van der Waals surface area contributed by atoms with Crippen molar-refractivity contribution < 1.29 is 4.39 Å². The zero-order valence-electron chi connectivity index (χ0n) is 11.3. The summed E-state index contributed by atoms with van der Waals surface area (Å²) in [7, 11) is 2.00. The Labute approximate surface area is 115 Å². The minimum Gasteiger partial charge on any atom is -0.354 e. The Hall–Kier alpha value is -2.17. The predicted octanol–water partition coefficient (Wildman–Crippen LogP) is 2.67. The molecule has 0 saturated carbocycles. The molecule has 1 fully saturated rings. The molecule has 20 heavy (non-hydrogen) atoms. The van der Waals surface area contributed by atoms with Crippen molar-refractivity contribution in [2.45, 2.75) is 12.6 Å². The molecule has 3 aromatic rings. The largest absolute Gasteiger partial charge is 0.354 e. The lowest BCUT2D eigenvalue weighted by Crippen LogP contribution is -2.21. The van der Waals surface area contributed by atoms with Crippen LogP contribution in [0.3, 0.4) is 0 Å². The molecule has 5 heteroatoms. The summed E-state index contributed by atoms with van der Waals surface area (Å²) < 4.78 is 15.4. The SMILES string of the molecule is Cn1c2ccncc2c2ccc(N3CC[C@@H](F)C3)nc21. The van der Waals surface area contributed by atoms with Crippen molar-refractivity contribution in [1.29, 1.82) is 0 Å². The van der Waals surface area contributed by atoms with Crippen LogP contribution in [0.25, 0.3) is 21.9 Å². The summed E-state index contributed by atoms with van der Waals surface area (Å²) in [5.41, 5.74) is 2.04. The highest BCUT2D eigenvalue weighted by atomic mass is 19.1. The Bertz CT molecular complexity index is 795. The van der Waals surface area contributed by atoms with Crippen LogP contribution < -0.4 is 4.90 Å². The normalized spacial score (nSPS) is 19.3. The maximum atomic E-state index is 13.3. The van der Waals surface area contributed by atoms with E-state index in [0.717, 1.165) is 34.3 Å². The average Bonchev–Trinajstić information content (AvgIpc) is 3.03. The van der Waals surface area contributed by atoms with Gasteiger partial charge in [0.2, 0.25) is 0 Å². The number of pyridine rings is 2. The number of anilines is 1. The zero-order chi connectivity index (χ0) is 13.7. The molecule has 0 bridgehead atoms. The van der Waals surface area contributed by atoms with E-state index in [9.17, 15) is 4.39 Å². The van der Waals surface area contributed by atoms with Gasteiger partial charge in [-0.25, -0.2) is 9.37 Å².